The highest BCUT2D eigenvalue weighted by Crippen LogP contribution is 2.32. The Morgan fingerprint density at radius 2 is 1.62 bits per heavy atom. The molecule has 0 saturated carbocycles. The lowest BCUT2D eigenvalue weighted by molar-refractivity contribution is -0.133. The lowest BCUT2D eigenvalue weighted by Gasteiger charge is -2.17. The minimum atomic E-state index is -1.00. The van der Waals surface area contributed by atoms with Crippen LogP contribution < -0.4 is 9.47 Å². The summed E-state index contributed by atoms with van der Waals surface area (Å²) >= 11 is 0. The van der Waals surface area contributed by atoms with Gasteiger partial charge in [0.2, 0.25) is 0 Å². The lowest BCUT2D eigenvalue weighted by Crippen LogP contribution is -2.15. The number of ketones is 1. The lowest BCUT2D eigenvalue weighted by atomic mass is 9.87. The maximum absolute atomic E-state index is 12.6. The third-order valence-corrected chi connectivity index (χ3v) is 3.65. The van der Waals surface area contributed by atoms with Gasteiger partial charge < -0.3 is 14.6 Å². The molecule has 112 valence electrons. The van der Waals surface area contributed by atoms with Gasteiger partial charge in [-0.3, -0.25) is 4.79 Å². The number of hydrogen-bond acceptors (Lipinski definition) is 4. The van der Waals surface area contributed by atoms with Crippen molar-refractivity contribution in [2.75, 3.05) is 14.2 Å². The van der Waals surface area contributed by atoms with Gasteiger partial charge in [-0.15, -0.1) is 0 Å². The highest BCUT2D eigenvalue weighted by Gasteiger charge is 2.24. The normalized spacial score (nSPS) is 14.8. The van der Waals surface area contributed by atoms with Gasteiger partial charge >= 0.3 is 5.97 Å². The van der Waals surface area contributed by atoms with Gasteiger partial charge in [-0.25, -0.2) is 4.79 Å². The predicted octanol–water partition coefficient (Wildman–Crippen LogP) is 2.84. The number of Topliss-reactive ketones (excluding diaryl/α,β-unsaturated/α-hetero) is 1. The van der Waals surface area contributed by atoms with Crippen LogP contribution in [-0.2, 0) is 4.79 Å². The van der Waals surface area contributed by atoms with Gasteiger partial charge in [0.25, 0.3) is 0 Å². The average molecular weight is 290 g/mol. The molecule has 1 aliphatic rings. The number of methoxy groups -OCH3 is 2. The van der Waals surface area contributed by atoms with Crippen LogP contribution in [0.3, 0.4) is 0 Å². The third kappa shape index (κ3) is 3.07. The quantitative estimate of drug-likeness (QED) is 0.844. The van der Waals surface area contributed by atoms with E-state index in [2.05, 4.69) is 0 Å². The second-order valence-corrected chi connectivity index (χ2v) is 4.87. The maximum Gasteiger partial charge on any atom is 0.331 e. The van der Waals surface area contributed by atoms with E-state index < -0.39 is 5.97 Å². The monoisotopic (exact) mass is 290 g/mol. The number of carbonyl (C=O) groups is 2. The summed E-state index contributed by atoms with van der Waals surface area (Å²) in [5.41, 5.74) is 1.06. The average Bonchev–Trinajstić information content (AvgIpc) is 2.53. The van der Waals surface area contributed by atoms with Gasteiger partial charge in [0.1, 0.15) is 0 Å². The molecule has 1 aromatic carbocycles. The third-order valence-electron chi connectivity index (χ3n) is 3.65. The minimum Gasteiger partial charge on any atom is -0.493 e. The molecule has 0 radical (unpaired) electrons. The van der Waals surface area contributed by atoms with Gasteiger partial charge in [0.05, 0.1) is 14.2 Å². The van der Waals surface area contributed by atoms with Crippen LogP contribution >= 0.6 is 0 Å². The van der Waals surface area contributed by atoms with Crippen LogP contribution in [0.15, 0.2) is 29.3 Å². The van der Waals surface area contributed by atoms with Crippen LogP contribution in [0.5, 0.6) is 11.5 Å². The number of aliphatic carboxylic acids is 1. The molecule has 1 aliphatic carbocycles. The van der Waals surface area contributed by atoms with E-state index in [-0.39, 0.29) is 11.4 Å². The molecule has 21 heavy (non-hydrogen) atoms. The molecule has 0 spiro atoms. The van der Waals surface area contributed by atoms with E-state index in [4.69, 9.17) is 9.47 Å². The molecule has 0 fully saturated rings. The van der Waals surface area contributed by atoms with Crippen LogP contribution in [0, 0.1) is 0 Å². The molecule has 2 rings (SSSR count). The van der Waals surface area contributed by atoms with Crippen LogP contribution in [0.25, 0.3) is 0 Å². The molecule has 0 atom stereocenters. The molecule has 1 N–H and O–H groups in total. The Kier molecular flexibility index (Phi) is 4.62. The molecular weight excluding hydrogens is 272 g/mol. The van der Waals surface area contributed by atoms with Gasteiger partial charge in [-0.2, -0.15) is 0 Å². The first-order valence-electron chi connectivity index (χ1n) is 6.80. The van der Waals surface area contributed by atoms with Crippen molar-refractivity contribution in [1.29, 1.82) is 0 Å². The van der Waals surface area contributed by atoms with Crippen molar-refractivity contribution < 1.29 is 24.2 Å². The van der Waals surface area contributed by atoms with Crippen molar-refractivity contribution in [3.63, 3.8) is 0 Å². The van der Waals surface area contributed by atoms with Gasteiger partial charge in [-0.05, 0) is 43.9 Å². The molecule has 0 aliphatic heterocycles. The Morgan fingerprint density at radius 1 is 1.00 bits per heavy atom. The molecule has 0 aromatic heterocycles. The molecule has 0 bridgehead atoms. The Morgan fingerprint density at radius 3 is 2.19 bits per heavy atom. The first-order valence-corrected chi connectivity index (χ1v) is 6.80. The maximum atomic E-state index is 12.6. The van der Waals surface area contributed by atoms with Crippen molar-refractivity contribution in [2.24, 2.45) is 0 Å². The van der Waals surface area contributed by atoms with E-state index in [0.29, 0.717) is 35.5 Å². The topological polar surface area (TPSA) is 72.8 Å². The van der Waals surface area contributed by atoms with Gasteiger partial charge in [0, 0.05) is 16.7 Å². The highest BCUT2D eigenvalue weighted by molar-refractivity contribution is 6.13. The van der Waals surface area contributed by atoms with Gasteiger partial charge in [0.15, 0.2) is 17.3 Å². The Balaban J connectivity index is 2.41. The minimum absolute atomic E-state index is 0.237. The first kappa shape index (κ1) is 15.1. The number of allylic oxidation sites excluding steroid dienone is 1. The summed E-state index contributed by atoms with van der Waals surface area (Å²) in [6, 6.07) is 4.86. The summed E-state index contributed by atoms with van der Waals surface area (Å²) in [6.45, 7) is 0. The highest BCUT2D eigenvalue weighted by atomic mass is 16.5. The smallest absolute Gasteiger partial charge is 0.331 e. The zero-order valence-electron chi connectivity index (χ0n) is 12.1. The Hall–Kier alpha value is -2.30. The van der Waals surface area contributed by atoms with Crippen molar-refractivity contribution in [3.8, 4) is 11.5 Å². The van der Waals surface area contributed by atoms with E-state index in [1.807, 2.05) is 0 Å². The number of carboxylic acid groups (broad SMARTS) is 1. The molecular formula is C16H18O5. The fourth-order valence-electron chi connectivity index (χ4n) is 2.54. The van der Waals surface area contributed by atoms with E-state index in [0.717, 1.165) is 12.8 Å². The molecule has 0 heterocycles. The number of carboxylic acids is 1. The molecule has 5 nitrogen and oxygen atoms in total. The number of ether oxygens (including phenoxy) is 2. The number of hydrogen-bond donors (Lipinski definition) is 1. The van der Waals surface area contributed by atoms with Crippen LogP contribution in [0.2, 0.25) is 0 Å². The summed E-state index contributed by atoms with van der Waals surface area (Å²) < 4.78 is 10.3. The number of carbonyl (C=O) groups excluding carboxylic acids is 1. The largest absolute Gasteiger partial charge is 0.493 e. The van der Waals surface area contributed by atoms with E-state index in [1.54, 1.807) is 18.2 Å². The summed E-state index contributed by atoms with van der Waals surface area (Å²) in [7, 11) is 3.01. The first-order chi connectivity index (χ1) is 10.1. The Bertz CT molecular complexity index is 601. The number of rotatable bonds is 5. The summed E-state index contributed by atoms with van der Waals surface area (Å²) in [4.78, 5) is 23.8. The SMILES string of the molecule is COc1ccc(C(=O)C2=C(C(=O)O)CCCC2)cc1OC. The molecule has 0 saturated heterocycles. The zero-order chi connectivity index (χ0) is 15.4. The van der Waals surface area contributed by atoms with E-state index in [9.17, 15) is 14.7 Å². The van der Waals surface area contributed by atoms with Crippen molar-refractivity contribution in [3.05, 3.63) is 34.9 Å². The van der Waals surface area contributed by atoms with Crippen molar-refractivity contribution in [1.82, 2.24) is 0 Å². The van der Waals surface area contributed by atoms with Crippen molar-refractivity contribution >= 4 is 11.8 Å². The second kappa shape index (κ2) is 6.43. The zero-order valence-corrected chi connectivity index (χ0v) is 12.1. The van der Waals surface area contributed by atoms with Crippen molar-refractivity contribution in [2.45, 2.75) is 25.7 Å². The molecule has 1 aromatic rings. The molecule has 0 amide bonds. The molecule has 0 unspecified atom stereocenters. The predicted molar refractivity (Wildman–Crippen MR) is 77.0 cm³/mol. The molecule has 5 heteroatoms. The fraction of sp³-hybridized carbons (Fsp3) is 0.375. The fourth-order valence-corrected chi connectivity index (χ4v) is 2.54. The summed E-state index contributed by atoms with van der Waals surface area (Å²) in [6.07, 6.45) is 2.61. The van der Waals surface area contributed by atoms with Gasteiger partial charge in [-0.1, -0.05) is 0 Å². The second-order valence-electron chi connectivity index (χ2n) is 4.87. The van der Waals surface area contributed by atoms with Crippen LogP contribution in [0.1, 0.15) is 36.0 Å². The van der Waals surface area contributed by atoms with E-state index >= 15 is 0 Å². The Labute approximate surface area is 123 Å². The standard InChI is InChI=1S/C16H18O5/c1-20-13-8-7-10(9-14(13)21-2)15(17)11-5-3-4-6-12(11)16(18)19/h7-9H,3-6H2,1-2H3,(H,18,19). The van der Waals surface area contributed by atoms with E-state index in [1.165, 1.54) is 14.2 Å². The van der Waals surface area contributed by atoms with Crippen LogP contribution in [0.4, 0.5) is 0 Å². The summed E-state index contributed by atoms with van der Waals surface area (Å²) in [5, 5.41) is 9.23. The summed E-state index contributed by atoms with van der Waals surface area (Å²) in [5.74, 6) is -0.256. The van der Waals surface area contributed by atoms with Crippen LogP contribution in [-0.4, -0.2) is 31.1 Å². The number of benzene rings is 1.